The van der Waals surface area contributed by atoms with E-state index in [0.717, 1.165) is 35.3 Å². The average molecular weight is 540 g/mol. The van der Waals surface area contributed by atoms with Crippen LogP contribution in [0, 0.1) is 16.9 Å². The molecule has 1 fully saturated rings. The molecule has 0 radical (unpaired) electrons. The van der Waals surface area contributed by atoms with E-state index in [-0.39, 0.29) is 16.6 Å². The Hall–Kier alpha value is -3.83. The molecule has 37 heavy (non-hydrogen) atoms. The summed E-state index contributed by atoms with van der Waals surface area (Å²) < 4.78 is 20.8. The van der Waals surface area contributed by atoms with Gasteiger partial charge in [0.25, 0.3) is 0 Å². The van der Waals surface area contributed by atoms with Crippen LogP contribution in [0.4, 0.5) is 4.39 Å². The number of benzene rings is 1. The first-order valence-corrected chi connectivity index (χ1v) is 12.3. The largest absolute Gasteiger partial charge is 0.618 e. The van der Waals surface area contributed by atoms with Crippen LogP contribution in [0.5, 0.6) is 0 Å². The van der Waals surface area contributed by atoms with E-state index >= 15 is 4.39 Å². The van der Waals surface area contributed by atoms with Crippen LogP contribution in [0.25, 0.3) is 28.1 Å². The number of hydrogen-bond acceptors (Lipinski definition) is 6. The maximum absolute atomic E-state index is 15.2. The molecule has 0 bridgehead atoms. The van der Waals surface area contributed by atoms with Gasteiger partial charge in [0.15, 0.2) is 12.0 Å². The van der Waals surface area contributed by atoms with Gasteiger partial charge in [-0.1, -0.05) is 36.0 Å². The number of aromatic nitrogens is 9. The molecule has 10 nitrogen and oxygen atoms in total. The van der Waals surface area contributed by atoms with Gasteiger partial charge in [-0.05, 0) is 41.0 Å². The van der Waals surface area contributed by atoms with E-state index in [4.69, 9.17) is 23.2 Å². The van der Waals surface area contributed by atoms with Gasteiger partial charge >= 0.3 is 0 Å². The molecular weight excluding hydrogens is 520 g/mol. The molecule has 0 N–H and O–H groups in total. The van der Waals surface area contributed by atoms with Crippen molar-refractivity contribution >= 4 is 23.2 Å². The summed E-state index contributed by atoms with van der Waals surface area (Å²) in [5, 5.41) is 33.7. The topological polar surface area (TPSA) is 106 Å². The fourth-order valence-corrected chi connectivity index (χ4v) is 5.01. The van der Waals surface area contributed by atoms with Gasteiger partial charge in [-0.3, -0.25) is 9.36 Å². The zero-order valence-corrected chi connectivity index (χ0v) is 21.1. The highest BCUT2D eigenvalue weighted by Gasteiger charge is 2.32. The number of hydrogen-bond donors (Lipinski definition) is 0. The minimum Gasteiger partial charge on any atom is -0.618 e. The van der Waals surface area contributed by atoms with Crippen LogP contribution in [0.15, 0.2) is 55.4 Å². The second kappa shape index (κ2) is 9.24. The Morgan fingerprint density at radius 2 is 1.95 bits per heavy atom. The lowest BCUT2D eigenvalue weighted by atomic mass is 10.0. The number of pyridine rings is 1. The van der Waals surface area contributed by atoms with Gasteiger partial charge in [0.05, 0.1) is 44.9 Å². The maximum atomic E-state index is 15.2. The molecule has 6 rings (SSSR count). The Labute approximate surface area is 220 Å². The van der Waals surface area contributed by atoms with E-state index in [9.17, 15) is 5.21 Å². The van der Waals surface area contributed by atoms with Crippen molar-refractivity contribution in [3.8, 4) is 28.1 Å². The predicted molar refractivity (Wildman–Crippen MR) is 133 cm³/mol. The third kappa shape index (κ3) is 4.34. The maximum Gasteiger partial charge on any atom is 0.217 e. The highest BCUT2D eigenvalue weighted by molar-refractivity contribution is 6.33. The second-order valence-electron chi connectivity index (χ2n) is 9.05. The van der Waals surface area contributed by atoms with E-state index in [1.807, 2.05) is 13.2 Å². The molecule has 1 aliphatic carbocycles. The molecule has 0 unspecified atom stereocenters. The first kappa shape index (κ1) is 23.6. The van der Waals surface area contributed by atoms with E-state index in [0.29, 0.717) is 27.9 Å². The summed E-state index contributed by atoms with van der Waals surface area (Å²) in [4.78, 5) is 0. The number of nitrogens with zero attached hydrogens (tertiary/aromatic N) is 9. The van der Waals surface area contributed by atoms with Crippen LogP contribution in [-0.2, 0) is 7.05 Å². The van der Waals surface area contributed by atoms with Crippen molar-refractivity contribution in [2.24, 2.45) is 13.0 Å². The lowest BCUT2D eigenvalue weighted by Crippen LogP contribution is -2.35. The summed E-state index contributed by atoms with van der Waals surface area (Å²) in [5.41, 5.74) is 2.87. The highest BCUT2D eigenvalue weighted by Crippen LogP contribution is 2.40. The number of tetrazole rings is 1. The van der Waals surface area contributed by atoms with E-state index in [1.165, 1.54) is 23.3 Å². The summed E-state index contributed by atoms with van der Waals surface area (Å²) in [6.07, 6.45) is 10.8. The third-order valence-corrected chi connectivity index (χ3v) is 7.15. The van der Waals surface area contributed by atoms with E-state index in [2.05, 4.69) is 25.7 Å². The molecular formula is C24H20Cl2FN9O. The fraction of sp³-hybridized carbons (Fsp3) is 0.250. The fourth-order valence-electron chi connectivity index (χ4n) is 4.58. The normalized spacial score (nSPS) is 14.3. The van der Waals surface area contributed by atoms with Crippen LogP contribution in [-0.4, -0.2) is 39.8 Å². The Morgan fingerprint density at radius 1 is 1.11 bits per heavy atom. The Balaban J connectivity index is 1.41. The van der Waals surface area contributed by atoms with Crippen LogP contribution >= 0.6 is 23.2 Å². The van der Waals surface area contributed by atoms with Crippen LogP contribution in [0.1, 0.15) is 31.0 Å². The second-order valence-corrected chi connectivity index (χ2v) is 9.86. The minimum atomic E-state index is -0.665. The average Bonchev–Trinajstić information content (AvgIpc) is 3.23. The van der Waals surface area contributed by atoms with Gasteiger partial charge in [-0.15, -0.1) is 5.10 Å². The van der Waals surface area contributed by atoms with Crippen molar-refractivity contribution in [3.05, 3.63) is 82.1 Å². The Kier molecular flexibility index (Phi) is 5.88. The Bertz CT molecular complexity index is 1570. The van der Waals surface area contributed by atoms with Gasteiger partial charge in [-0.25, -0.2) is 4.39 Å². The molecule has 1 aliphatic rings. The van der Waals surface area contributed by atoms with Gasteiger partial charge in [0.1, 0.15) is 12.4 Å². The molecule has 1 saturated carbocycles. The molecule has 188 valence electrons. The smallest absolute Gasteiger partial charge is 0.217 e. The Morgan fingerprint density at radius 3 is 2.62 bits per heavy atom. The molecule has 1 aromatic carbocycles. The monoisotopic (exact) mass is 539 g/mol. The van der Waals surface area contributed by atoms with Crippen molar-refractivity contribution in [2.75, 3.05) is 0 Å². The number of aryl methyl sites for hydroxylation is 1. The summed E-state index contributed by atoms with van der Waals surface area (Å²) in [6.45, 7) is 0. The molecule has 0 spiro atoms. The van der Waals surface area contributed by atoms with Crippen molar-refractivity contribution < 1.29 is 9.12 Å². The summed E-state index contributed by atoms with van der Waals surface area (Å²) in [6, 6.07) is 6.12. The number of rotatable bonds is 7. The van der Waals surface area contributed by atoms with Gasteiger partial charge in [0, 0.05) is 24.9 Å². The molecule has 4 aromatic heterocycles. The minimum absolute atomic E-state index is 0.0714. The summed E-state index contributed by atoms with van der Waals surface area (Å²) in [7, 11) is 1.81. The third-order valence-electron chi connectivity index (χ3n) is 6.59. The first-order valence-electron chi connectivity index (χ1n) is 11.6. The standard InChI is InChI=1S/C24H20Cl2FN9O/c1-33-24(18(26)10-29-33)16-9-30-34(11-16)21(8-14-2-3-14)19-6-4-15(12-36(19)37)22-20(35-13-28-31-32-35)7-5-17(25)23(22)27/h4-7,9-14,21H,2-3,8H2,1H3/t21-/m0/s1. The summed E-state index contributed by atoms with van der Waals surface area (Å²) >= 11 is 12.4. The SMILES string of the molecule is Cn1ncc(Cl)c1-c1cnn([C@@H](CC2CC2)c2ccc(-c3c(-n4cnnn4)ccc(Cl)c3F)c[n+]2[O-])c1. The zero-order chi connectivity index (χ0) is 25.7. The van der Waals surface area contributed by atoms with Crippen LogP contribution in [0.3, 0.4) is 0 Å². The summed E-state index contributed by atoms with van der Waals surface area (Å²) in [5.74, 6) is -0.156. The lowest BCUT2D eigenvalue weighted by Gasteiger charge is -2.18. The van der Waals surface area contributed by atoms with Gasteiger partial charge in [0.2, 0.25) is 5.69 Å². The molecule has 13 heteroatoms. The van der Waals surface area contributed by atoms with Crippen LogP contribution in [0.2, 0.25) is 10.0 Å². The van der Waals surface area contributed by atoms with Crippen LogP contribution < -0.4 is 4.73 Å². The zero-order valence-electron chi connectivity index (χ0n) is 19.5. The molecule has 0 amide bonds. The van der Waals surface area contributed by atoms with Crippen molar-refractivity contribution in [3.63, 3.8) is 0 Å². The molecule has 0 saturated heterocycles. The first-order chi connectivity index (χ1) is 17.9. The molecule has 1 atom stereocenters. The van der Waals surface area contributed by atoms with Gasteiger partial charge < -0.3 is 5.21 Å². The number of halogens is 3. The molecule has 0 aliphatic heterocycles. The molecule has 4 heterocycles. The van der Waals surface area contributed by atoms with Crippen molar-refractivity contribution in [1.82, 2.24) is 39.8 Å². The van der Waals surface area contributed by atoms with Crippen molar-refractivity contribution in [2.45, 2.75) is 25.3 Å². The lowest BCUT2D eigenvalue weighted by molar-refractivity contribution is -0.615. The van der Waals surface area contributed by atoms with E-state index < -0.39 is 5.82 Å². The molecule has 5 aromatic rings. The van der Waals surface area contributed by atoms with Gasteiger partial charge in [-0.2, -0.15) is 19.6 Å². The quantitative estimate of drug-likeness (QED) is 0.224. The van der Waals surface area contributed by atoms with E-state index in [1.54, 1.807) is 40.0 Å². The predicted octanol–water partition coefficient (Wildman–Crippen LogP) is 4.40. The van der Waals surface area contributed by atoms with Crippen molar-refractivity contribution in [1.29, 1.82) is 0 Å². The highest BCUT2D eigenvalue weighted by atomic mass is 35.5.